The van der Waals surface area contributed by atoms with Crippen molar-refractivity contribution in [3.05, 3.63) is 194 Å². The van der Waals surface area contributed by atoms with Gasteiger partial charge in [0.15, 0.2) is 17.5 Å². The highest BCUT2D eigenvalue weighted by atomic mass is 32.1. The van der Waals surface area contributed by atoms with Crippen molar-refractivity contribution in [3.63, 3.8) is 0 Å². The summed E-state index contributed by atoms with van der Waals surface area (Å²) in [4.78, 5) is 15.0. The number of benzene rings is 9. The first-order chi connectivity index (χ1) is 28.7. The van der Waals surface area contributed by atoms with Crippen LogP contribution in [-0.4, -0.2) is 19.5 Å². The highest BCUT2D eigenvalue weighted by Crippen LogP contribution is 2.48. The summed E-state index contributed by atoms with van der Waals surface area (Å²) in [7, 11) is 0. The molecule has 0 radical (unpaired) electrons. The molecule has 0 atom stereocenters. The largest absolute Gasteiger partial charge is 0.308 e. The van der Waals surface area contributed by atoms with E-state index in [2.05, 4.69) is 138 Å². The molecule has 0 aliphatic rings. The minimum atomic E-state index is 0.638. The molecular formula is C53H32N4S. The molecule has 12 aromatic rings. The van der Waals surface area contributed by atoms with E-state index >= 15 is 0 Å². The Morgan fingerprint density at radius 3 is 1.57 bits per heavy atom. The van der Waals surface area contributed by atoms with Crippen molar-refractivity contribution in [1.29, 1.82) is 0 Å². The van der Waals surface area contributed by atoms with E-state index in [0.29, 0.717) is 17.5 Å². The number of thiophene rings is 1. The minimum Gasteiger partial charge on any atom is -0.308 e. The van der Waals surface area contributed by atoms with Crippen LogP contribution in [0.1, 0.15) is 0 Å². The molecule has 270 valence electrons. The maximum Gasteiger partial charge on any atom is 0.164 e. The zero-order chi connectivity index (χ0) is 38.2. The van der Waals surface area contributed by atoms with E-state index < -0.39 is 0 Å². The van der Waals surface area contributed by atoms with Crippen molar-refractivity contribution in [2.24, 2.45) is 0 Å². The summed E-state index contributed by atoms with van der Waals surface area (Å²) in [6.07, 6.45) is 0. The average molecular weight is 757 g/mol. The number of rotatable bonds is 5. The van der Waals surface area contributed by atoms with Gasteiger partial charge in [0.25, 0.3) is 0 Å². The summed E-state index contributed by atoms with van der Waals surface area (Å²) < 4.78 is 5.05. The van der Waals surface area contributed by atoms with Crippen LogP contribution in [-0.2, 0) is 0 Å². The van der Waals surface area contributed by atoms with Crippen LogP contribution in [0.25, 0.3) is 115 Å². The predicted octanol–water partition coefficient (Wildman–Crippen LogP) is 14.3. The summed E-state index contributed by atoms with van der Waals surface area (Å²) in [5.41, 5.74) is 8.72. The van der Waals surface area contributed by atoms with Crippen LogP contribution >= 0.6 is 11.3 Å². The second-order valence-electron chi connectivity index (χ2n) is 14.8. The molecule has 9 aromatic carbocycles. The lowest BCUT2D eigenvalue weighted by Gasteiger charge is -2.12. The molecule has 5 heteroatoms. The van der Waals surface area contributed by atoms with Gasteiger partial charge < -0.3 is 4.57 Å². The van der Waals surface area contributed by atoms with Crippen molar-refractivity contribution < 1.29 is 0 Å². The van der Waals surface area contributed by atoms with Gasteiger partial charge >= 0.3 is 0 Å². The highest BCUT2D eigenvalue weighted by molar-refractivity contribution is 7.27. The lowest BCUT2D eigenvalue weighted by atomic mass is 9.96. The molecule has 3 aromatic heterocycles. The number of nitrogens with zero attached hydrogens (tertiary/aromatic N) is 4. The van der Waals surface area contributed by atoms with Gasteiger partial charge in [0.05, 0.1) is 15.7 Å². The van der Waals surface area contributed by atoms with Crippen molar-refractivity contribution in [3.8, 4) is 51.0 Å². The number of hydrogen-bond donors (Lipinski definition) is 0. The fourth-order valence-electron chi connectivity index (χ4n) is 8.69. The molecule has 0 fully saturated rings. The number of aromatic nitrogens is 4. The van der Waals surface area contributed by atoms with E-state index in [9.17, 15) is 0 Å². The Balaban J connectivity index is 1.11. The Hall–Kier alpha value is -7.47. The third kappa shape index (κ3) is 5.18. The number of hydrogen-bond acceptors (Lipinski definition) is 4. The number of fused-ring (bicyclic) bond motifs is 11. The second kappa shape index (κ2) is 13.1. The molecule has 3 heterocycles. The van der Waals surface area contributed by atoms with Gasteiger partial charge in [0, 0.05) is 48.6 Å². The molecule has 0 aliphatic carbocycles. The smallest absolute Gasteiger partial charge is 0.164 e. The lowest BCUT2D eigenvalue weighted by molar-refractivity contribution is 1.07. The van der Waals surface area contributed by atoms with Gasteiger partial charge in [0.2, 0.25) is 0 Å². The van der Waals surface area contributed by atoms with Crippen molar-refractivity contribution in [1.82, 2.24) is 19.5 Å². The standard InChI is InChI=1S/C53H32N4S/c1-3-14-34(15-4-1)51-54-52(35-16-5-2-6-17-35)56-53(55-51)36-25-28-40(29-26-36)57-45-30-27-39(38-24-23-33-13-7-8-18-37(33)31-38)32-44(45)47-41-19-9-10-20-42(41)48-43-21-11-12-22-46(43)58-50(48)49(47)57/h1-32H. The zero-order valence-corrected chi connectivity index (χ0v) is 32.0. The first-order valence-corrected chi connectivity index (χ1v) is 20.3. The average Bonchev–Trinajstić information content (AvgIpc) is 3.86. The van der Waals surface area contributed by atoms with Crippen LogP contribution in [0, 0.1) is 0 Å². The van der Waals surface area contributed by atoms with Crippen LogP contribution in [0.4, 0.5) is 0 Å². The van der Waals surface area contributed by atoms with E-state index in [-0.39, 0.29) is 0 Å². The van der Waals surface area contributed by atoms with E-state index in [1.54, 1.807) is 0 Å². The Kier molecular flexibility index (Phi) is 7.37. The van der Waals surface area contributed by atoms with Crippen LogP contribution in [0.3, 0.4) is 0 Å². The van der Waals surface area contributed by atoms with Crippen molar-refractivity contribution in [2.75, 3.05) is 0 Å². The molecule has 0 saturated carbocycles. The maximum absolute atomic E-state index is 5.02. The molecule has 0 amide bonds. The normalized spacial score (nSPS) is 11.8. The molecular weight excluding hydrogens is 725 g/mol. The zero-order valence-electron chi connectivity index (χ0n) is 31.2. The molecule has 0 N–H and O–H groups in total. The third-order valence-corrected chi connectivity index (χ3v) is 12.6. The Bertz CT molecular complexity index is 3490. The minimum absolute atomic E-state index is 0.638. The van der Waals surface area contributed by atoms with Crippen LogP contribution in [0.2, 0.25) is 0 Å². The Morgan fingerprint density at radius 2 is 0.879 bits per heavy atom. The predicted molar refractivity (Wildman–Crippen MR) is 244 cm³/mol. The molecule has 0 aliphatic heterocycles. The SMILES string of the molecule is c1ccc(-c2nc(-c3ccccc3)nc(-c3ccc(-n4c5ccc(-c6ccc7ccccc7c6)cc5c5c6ccccc6c6c7ccccc7sc6c54)cc3)n2)cc1. The molecule has 12 rings (SSSR count). The van der Waals surface area contributed by atoms with Gasteiger partial charge in [-0.1, -0.05) is 146 Å². The van der Waals surface area contributed by atoms with E-state index in [1.807, 2.05) is 72.0 Å². The molecule has 0 bridgehead atoms. The van der Waals surface area contributed by atoms with Gasteiger partial charge in [-0.15, -0.1) is 11.3 Å². The van der Waals surface area contributed by atoms with Gasteiger partial charge in [0.1, 0.15) is 0 Å². The highest BCUT2D eigenvalue weighted by Gasteiger charge is 2.22. The van der Waals surface area contributed by atoms with Crippen LogP contribution in [0.15, 0.2) is 194 Å². The van der Waals surface area contributed by atoms with Crippen LogP contribution in [0.5, 0.6) is 0 Å². The summed E-state index contributed by atoms with van der Waals surface area (Å²) in [6.45, 7) is 0. The van der Waals surface area contributed by atoms with E-state index in [0.717, 1.165) is 22.4 Å². The van der Waals surface area contributed by atoms with Crippen molar-refractivity contribution in [2.45, 2.75) is 0 Å². The maximum atomic E-state index is 5.02. The summed E-state index contributed by atoms with van der Waals surface area (Å²) in [5.74, 6) is 1.94. The fourth-order valence-corrected chi connectivity index (χ4v) is 9.95. The third-order valence-electron chi connectivity index (χ3n) is 11.4. The Labute approximate surface area is 338 Å². The van der Waals surface area contributed by atoms with Crippen LogP contribution < -0.4 is 0 Å². The quantitative estimate of drug-likeness (QED) is 0.176. The molecule has 0 spiro atoms. The monoisotopic (exact) mass is 756 g/mol. The molecule has 58 heavy (non-hydrogen) atoms. The summed E-state index contributed by atoms with van der Waals surface area (Å²) >= 11 is 1.88. The first kappa shape index (κ1) is 32.7. The van der Waals surface area contributed by atoms with E-state index in [1.165, 1.54) is 74.6 Å². The summed E-state index contributed by atoms with van der Waals surface area (Å²) in [5, 5.41) is 10.1. The lowest BCUT2D eigenvalue weighted by Crippen LogP contribution is -2.00. The van der Waals surface area contributed by atoms with Gasteiger partial charge in [-0.05, 0) is 81.2 Å². The van der Waals surface area contributed by atoms with Crippen molar-refractivity contribution >= 4 is 74.9 Å². The Morgan fingerprint density at radius 1 is 0.362 bits per heavy atom. The first-order valence-electron chi connectivity index (χ1n) is 19.5. The summed E-state index contributed by atoms with van der Waals surface area (Å²) in [6, 6.07) is 69.1. The molecule has 0 unspecified atom stereocenters. The molecule has 4 nitrogen and oxygen atoms in total. The van der Waals surface area contributed by atoms with Gasteiger partial charge in [-0.3, -0.25) is 0 Å². The second-order valence-corrected chi connectivity index (χ2v) is 15.8. The van der Waals surface area contributed by atoms with Gasteiger partial charge in [-0.25, -0.2) is 15.0 Å². The van der Waals surface area contributed by atoms with Gasteiger partial charge in [-0.2, -0.15) is 0 Å². The topological polar surface area (TPSA) is 43.6 Å². The fraction of sp³-hybridized carbons (Fsp3) is 0. The molecule has 0 saturated heterocycles. The van der Waals surface area contributed by atoms with E-state index in [4.69, 9.17) is 15.0 Å².